The Bertz CT molecular complexity index is 443. The molecule has 0 spiro atoms. The molecule has 0 bridgehead atoms. The van der Waals surface area contributed by atoms with Crippen LogP contribution in [0.25, 0.3) is 0 Å². The largest absolute Gasteiger partial charge is 0.497 e. The molecule has 0 saturated heterocycles. The zero-order chi connectivity index (χ0) is 12.5. The van der Waals surface area contributed by atoms with E-state index in [0.717, 1.165) is 5.75 Å². The number of rotatable bonds is 2. The smallest absolute Gasteiger partial charge is 0.269 e. The van der Waals surface area contributed by atoms with Gasteiger partial charge in [0.25, 0.3) is 5.69 Å². The number of methoxy groups -OCH3 is 1. The highest BCUT2D eigenvalue weighted by molar-refractivity contribution is 5.28. The summed E-state index contributed by atoms with van der Waals surface area (Å²) in [5.41, 5.74) is 0.137. The predicted molar refractivity (Wildman–Crippen MR) is 66.1 cm³/mol. The van der Waals surface area contributed by atoms with Crippen molar-refractivity contribution in [3.8, 4) is 5.75 Å². The van der Waals surface area contributed by atoms with E-state index >= 15 is 0 Å². The Kier molecular flexibility index (Phi) is 5.24. The number of ether oxygens (including phenoxy) is 1. The topological polar surface area (TPSA) is 52.4 Å². The molecule has 4 nitrogen and oxygen atoms in total. The highest BCUT2D eigenvalue weighted by atomic mass is 16.6. The van der Waals surface area contributed by atoms with Gasteiger partial charge in [0, 0.05) is 12.1 Å². The highest BCUT2D eigenvalue weighted by Gasteiger charge is 1.98. The van der Waals surface area contributed by atoms with Crippen molar-refractivity contribution >= 4 is 5.69 Å². The molecule has 0 N–H and O–H groups in total. The number of hydrogen-bond acceptors (Lipinski definition) is 3. The van der Waals surface area contributed by atoms with Crippen LogP contribution in [0.2, 0.25) is 0 Å². The molecule has 0 aliphatic rings. The second-order valence-corrected chi connectivity index (χ2v) is 3.11. The van der Waals surface area contributed by atoms with Crippen molar-refractivity contribution in [3.05, 3.63) is 70.8 Å². The van der Waals surface area contributed by atoms with Crippen LogP contribution in [-0.2, 0) is 0 Å². The lowest BCUT2D eigenvalue weighted by Crippen LogP contribution is -1.84. The molecule has 0 aromatic heterocycles. The molecule has 2 rings (SSSR count). The monoisotopic (exact) mass is 231 g/mol. The molecule has 2 aromatic carbocycles. The summed E-state index contributed by atoms with van der Waals surface area (Å²) >= 11 is 0. The van der Waals surface area contributed by atoms with Crippen molar-refractivity contribution < 1.29 is 9.66 Å². The third-order valence-electron chi connectivity index (χ3n) is 1.95. The normalized spacial score (nSPS) is 8.76. The molecule has 0 aliphatic heterocycles. The lowest BCUT2D eigenvalue weighted by Gasteiger charge is -1.93. The van der Waals surface area contributed by atoms with Crippen LogP contribution in [0.3, 0.4) is 0 Å². The van der Waals surface area contributed by atoms with Gasteiger partial charge in [-0.25, -0.2) is 0 Å². The Morgan fingerprint density at radius 2 is 1.41 bits per heavy atom. The Labute approximate surface area is 99.6 Å². The van der Waals surface area contributed by atoms with E-state index in [1.807, 2.05) is 30.3 Å². The van der Waals surface area contributed by atoms with Crippen molar-refractivity contribution in [1.29, 1.82) is 0 Å². The lowest BCUT2D eigenvalue weighted by atomic mass is 10.3. The number of para-hydroxylation sites is 2. The van der Waals surface area contributed by atoms with Crippen LogP contribution in [0.1, 0.15) is 0 Å². The van der Waals surface area contributed by atoms with Crippen molar-refractivity contribution in [2.45, 2.75) is 0 Å². The van der Waals surface area contributed by atoms with Crippen LogP contribution in [0.5, 0.6) is 5.75 Å². The molecule has 0 aliphatic carbocycles. The maximum Gasteiger partial charge on any atom is 0.269 e. The van der Waals surface area contributed by atoms with Crippen LogP contribution in [0, 0.1) is 10.1 Å². The van der Waals surface area contributed by atoms with Crippen molar-refractivity contribution in [2.75, 3.05) is 7.11 Å². The van der Waals surface area contributed by atoms with Gasteiger partial charge >= 0.3 is 0 Å². The Hall–Kier alpha value is -2.36. The van der Waals surface area contributed by atoms with Gasteiger partial charge in [0.15, 0.2) is 0 Å². The number of non-ortho nitro benzene ring substituents is 1. The molecule has 4 heteroatoms. The van der Waals surface area contributed by atoms with Crippen LogP contribution in [0.4, 0.5) is 5.69 Å². The minimum atomic E-state index is -0.417. The minimum absolute atomic E-state index is 0.137. The zero-order valence-electron chi connectivity index (χ0n) is 9.45. The number of hydrogen-bond donors (Lipinski definition) is 0. The van der Waals surface area contributed by atoms with Crippen LogP contribution < -0.4 is 4.74 Å². The van der Waals surface area contributed by atoms with Crippen LogP contribution in [-0.4, -0.2) is 12.0 Å². The fraction of sp³-hybridized carbons (Fsp3) is 0.0769. The van der Waals surface area contributed by atoms with E-state index in [-0.39, 0.29) is 5.69 Å². The van der Waals surface area contributed by atoms with Gasteiger partial charge in [0.1, 0.15) is 5.75 Å². The van der Waals surface area contributed by atoms with Gasteiger partial charge in [-0.2, -0.15) is 0 Å². The van der Waals surface area contributed by atoms with E-state index in [4.69, 9.17) is 4.74 Å². The standard InChI is InChI=1S/C7H8O.C6H5NO2/c1-8-7-5-3-2-4-6-7;8-7(9)6-4-2-1-3-5-6/h2-6H,1H3;1-5H. The first-order valence-electron chi connectivity index (χ1n) is 5.02. The Balaban J connectivity index is 0.000000171. The molecule has 2 aromatic rings. The molecule has 0 heterocycles. The van der Waals surface area contributed by atoms with Gasteiger partial charge in [-0.15, -0.1) is 0 Å². The van der Waals surface area contributed by atoms with Gasteiger partial charge in [0.05, 0.1) is 12.0 Å². The molecule has 17 heavy (non-hydrogen) atoms. The van der Waals surface area contributed by atoms with Gasteiger partial charge in [0.2, 0.25) is 0 Å². The highest BCUT2D eigenvalue weighted by Crippen LogP contribution is 2.07. The Morgan fingerprint density at radius 1 is 0.941 bits per heavy atom. The van der Waals surface area contributed by atoms with E-state index in [1.165, 1.54) is 12.1 Å². The average molecular weight is 231 g/mol. The summed E-state index contributed by atoms with van der Waals surface area (Å²) in [6.07, 6.45) is 0. The summed E-state index contributed by atoms with van der Waals surface area (Å²) in [5.74, 6) is 0.910. The molecule has 0 unspecified atom stereocenters. The quantitative estimate of drug-likeness (QED) is 0.588. The summed E-state index contributed by atoms with van der Waals surface area (Å²) in [5, 5.41) is 10.0. The predicted octanol–water partition coefficient (Wildman–Crippen LogP) is 3.29. The first kappa shape index (κ1) is 12.7. The second kappa shape index (κ2) is 7.00. The zero-order valence-corrected chi connectivity index (χ0v) is 9.45. The first-order valence-corrected chi connectivity index (χ1v) is 5.02. The lowest BCUT2D eigenvalue weighted by molar-refractivity contribution is -0.384. The molecule has 0 saturated carbocycles. The fourth-order valence-corrected chi connectivity index (χ4v) is 1.11. The van der Waals surface area contributed by atoms with E-state index < -0.39 is 4.92 Å². The SMILES string of the molecule is COc1ccccc1.O=[N+]([O-])c1ccccc1. The number of nitro groups is 1. The maximum absolute atomic E-state index is 10.0. The van der Waals surface area contributed by atoms with E-state index in [2.05, 4.69) is 0 Å². The van der Waals surface area contributed by atoms with Gasteiger partial charge in [-0.1, -0.05) is 36.4 Å². The maximum atomic E-state index is 10.0. The minimum Gasteiger partial charge on any atom is -0.497 e. The fourth-order valence-electron chi connectivity index (χ4n) is 1.11. The number of benzene rings is 2. The molecule has 0 atom stereocenters. The molecule has 88 valence electrons. The molecular formula is C13H13NO3. The number of nitrogens with zero attached hydrogens (tertiary/aromatic N) is 1. The van der Waals surface area contributed by atoms with Gasteiger partial charge in [-0.3, -0.25) is 10.1 Å². The number of nitro benzene ring substituents is 1. The molecule has 0 fully saturated rings. The van der Waals surface area contributed by atoms with Crippen molar-refractivity contribution in [1.82, 2.24) is 0 Å². The summed E-state index contributed by atoms with van der Waals surface area (Å²) in [4.78, 5) is 9.59. The summed E-state index contributed by atoms with van der Waals surface area (Å²) in [7, 11) is 1.66. The summed E-state index contributed by atoms with van der Waals surface area (Å²) < 4.78 is 4.91. The first-order chi connectivity index (χ1) is 8.24. The van der Waals surface area contributed by atoms with E-state index in [0.29, 0.717) is 0 Å². The van der Waals surface area contributed by atoms with E-state index in [1.54, 1.807) is 25.3 Å². The van der Waals surface area contributed by atoms with Crippen molar-refractivity contribution in [2.24, 2.45) is 0 Å². The summed E-state index contributed by atoms with van der Waals surface area (Å²) in [6.45, 7) is 0. The third kappa shape index (κ3) is 4.79. The second-order valence-electron chi connectivity index (χ2n) is 3.11. The van der Waals surface area contributed by atoms with Gasteiger partial charge in [-0.05, 0) is 12.1 Å². The summed E-state index contributed by atoms with van der Waals surface area (Å²) in [6, 6.07) is 17.6. The molecule has 0 amide bonds. The molecular weight excluding hydrogens is 218 g/mol. The van der Waals surface area contributed by atoms with Crippen LogP contribution >= 0.6 is 0 Å². The average Bonchev–Trinajstić information content (AvgIpc) is 2.41. The van der Waals surface area contributed by atoms with E-state index in [9.17, 15) is 10.1 Å². The Morgan fingerprint density at radius 3 is 1.71 bits per heavy atom. The molecule has 0 radical (unpaired) electrons. The van der Waals surface area contributed by atoms with Crippen molar-refractivity contribution in [3.63, 3.8) is 0 Å². The van der Waals surface area contributed by atoms with Gasteiger partial charge < -0.3 is 4.74 Å². The third-order valence-corrected chi connectivity index (χ3v) is 1.95. The van der Waals surface area contributed by atoms with Crippen LogP contribution in [0.15, 0.2) is 60.7 Å².